The Hall–Kier alpha value is -5.20. The van der Waals surface area contributed by atoms with Gasteiger partial charge in [-0.05, 0) is 37.3 Å². The summed E-state index contributed by atoms with van der Waals surface area (Å²) in [6, 6.07) is 12.3. The zero-order chi connectivity index (χ0) is 36.1. The number of hydrazine groups is 1. The van der Waals surface area contributed by atoms with Gasteiger partial charge < -0.3 is 14.7 Å². The van der Waals surface area contributed by atoms with Crippen LogP contribution in [0.4, 0.5) is 13.2 Å². The minimum Gasteiger partial charge on any atom is -0.569 e. The van der Waals surface area contributed by atoms with E-state index in [1.165, 1.54) is 19.1 Å². The van der Waals surface area contributed by atoms with Crippen molar-refractivity contribution in [3.05, 3.63) is 71.1 Å². The van der Waals surface area contributed by atoms with Gasteiger partial charge in [-0.3, -0.25) is 19.2 Å². The van der Waals surface area contributed by atoms with Gasteiger partial charge in [0.2, 0.25) is 11.2 Å². The molecule has 3 aromatic rings. The SMILES string of the molecule is Cc1ccc(-c2cc(C(F)(F)F)nn2-c2ccc(S(=O)(=O)NC(=O)CCC(=O)OC3CN([N+]([O-])=NOC(C)OC(=O)C(C)C)C3)cc2)cc1. The van der Waals surface area contributed by atoms with Crippen LogP contribution in [0, 0.1) is 18.0 Å². The molecule has 1 fully saturated rings. The van der Waals surface area contributed by atoms with E-state index in [1.54, 1.807) is 38.1 Å². The predicted octanol–water partition coefficient (Wildman–Crippen LogP) is 4.03. The van der Waals surface area contributed by atoms with Gasteiger partial charge in [0.25, 0.3) is 16.3 Å². The second-order valence-corrected chi connectivity index (χ2v) is 13.0. The Kier molecular flexibility index (Phi) is 11.2. The van der Waals surface area contributed by atoms with Gasteiger partial charge in [-0.1, -0.05) is 43.7 Å². The Balaban J connectivity index is 1.27. The molecule has 0 saturated carbocycles. The molecule has 0 bridgehead atoms. The number of carbonyl (C=O) groups excluding carboxylic acids is 3. The number of sulfonamides is 1. The molecule has 49 heavy (non-hydrogen) atoms. The number of alkyl halides is 3. The van der Waals surface area contributed by atoms with Crippen molar-refractivity contribution in [2.24, 2.45) is 11.2 Å². The van der Waals surface area contributed by atoms with Crippen molar-refractivity contribution in [1.29, 1.82) is 0 Å². The average Bonchev–Trinajstić information content (AvgIpc) is 3.47. The fourth-order valence-corrected chi connectivity index (χ4v) is 5.26. The van der Waals surface area contributed by atoms with Crippen LogP contribution in [0.5, 0.6) is 0 Å². The molecule has 19 heteroatoms. The Bertz CT molecular complexity index is 1810. The van der Waals surface area contributed by atoms with Crippen LogP contribution in [0.2, 0.25) is 0 Å². The summed E-state index contributed by atoms with van der Waals surface area (Å²) < 4.78 is 79.0. The lowest BCUT2D eigenvalue weighted by Gasteiger charge is -2.33. The smallest absolute Gasteiger partial charge is 0.435 e. The highest BCUT2D eigenvalue weighted by Crippen LogP contribution is 2.33. The maximum atomic E-state index is 13.5. The first kappa shape index (κ1) is 36.6. The molecule has 15 nitrogen and oxygen atoms in total. The third-order valence-corrected chi connectivity index (χ3v) is 8.32. The Morgan fingerprint density at radius 3 is 2.29 bits per heavy atom. The molecular weight excluding hydrogens is 677 g/mol. The summed E-state index contributed by atoms with van der Waals surface area (Å²) in [6.45, 7) is 6.37. The normalized spacial score (nSPS) is 14.6. The quantitative estimate of drug-likeness (QED) is 0.0888. The summed E-state index contributed by atoms with van der Waals surface area (Å²) in [4.78, 5) is 40.6. The number of ether oxygens (including phenoxy) is 2. The topological polar surface area (TPSA) is 185 Å². The van der Waals surface area contributed by atoms with E-state index in [2.05, 4.69) is 10.4 Å². The summed E-state index contributed by atoms with van der Waals surface area (Å²) in [6.07, 6.45) is -7.53. The standard InChI is InChI=1S/C30H33F3N6O9S/c1-18(2)29(42)46-20(4)48-36-39(43)37-16-23(17-37)47-28(41)14-13-27(40)35-49(44,45)24-11-9-22(10-12-24)38-25(15-26(34-38)30(31,32)33)21-7-5-19(3)6-8-21/h5-12,15,18,20,23H,13-14,16-17H2,1-4H3,(H,35,40). The second-order valence-electron chi connectivity index (χ2n) is 11.3. The van der Waals surface area contributed by atoms with E-state index in [1.807, 2.05) is 11.6 Å². The number of carbonyl (C=O) groups is 3. The summed E-state index contributed by atoms with van der Waals surface area (Å²) in [5.74, 6) is -2.76. The van der Waals surface area contributed by atoms with Crippen LogP contribution in [0.15, 0.2) is 64.8 Å². The van der Waals surface area contributed by atoms with Crippen LogP contribution in [0.25, 0.3) is 16.9 Å². The molecule has 2 heterocycles. The molecule has 0 spiro atoms. The average molecular weight is 711 g/mol. The molecular formula is C30H33F3N6O9S. The Morgan fingerprint density at radius 1 is 1.06 bits per heavy atom. The van der Waals surface area contributed by atoms with Gasteiger partial charge in [0.1, 0.15) is 19.2 Å². The number of amides is 1. The van der Waals surface area contributed by atoms with E-state index in [4.69, 9.17) is 14.3 Å². The van der Waals surface area contributed by atoms with Gasteiger partial charge >= 0.3 is 18.1 Å². The van der Waals surface area contributed by atoms with E-state index in [9.17, 15) is 41.2 Å². The molecule has 264 valence electrons. The molecule has 1 unspecified atom stereocenters. The van der Waals surface area contributed by atoms with Crippen LogP contribution in [0.1, 0.15) is 44.9 Å². The fourth-order valence-electron chi connectivity index (χ4n) is 4.24. The third kappa shape index (κ3) is 9.68. The van der Waals surface area contributed by atoms with Crippen molar-refractivity contribution in [2.45, 2.75) is 64.0 Å². The van der Waals surface area contributed by atoms with E-state index < -0.39 is 70.9 Å². The summed E-state index contributed by atoms with van der Waals surface area (Å²) in [5.41, 5.74) is 0.483. The lowest BCUT2D eigenvalue weighted by molar-refractivity contribution is -0.728. The van der Waals surface area contributed by atoms with Crippen LogP contribution in [-0.4, -0.2) is 71.5 Å². The minimum atomic E-state index is -4.72. The summed E-state index contributed by atoms with van der Waals surface area (Å²) >= 11 is 0. The van der Waals surface area contributed by atoms with Crippen molar-refractivity contribution in [1.82, 2.24) is 19.5 Å². The Labute approximate surface area is 278 Å². The molecule has 1 aliphatic rings. The van der Waals surface area contributed by atoms with Gasteiger partial charge in [-0.25, -0.2) is 17.8 Å². The van der Waals surface area contributed by atoms with E-state index >= 15 is 0 Å². The Morgan fingerprint density at radius 2 is 1.69 bits per heavy atom. The number of benzene rings is 2. The highest BCUT2D eigenvalue weighted by molar-refractivity contribution is 7.90. The lowest BCUT2D eigenvalue weighted by Crippen LogP contribution is -2.55. The van der Waals surface area contributed by atoms with Crippen molar-refractivity contribution in [2.75, 3.05) is 13.1 Å². The summed E-state index contributed by atoms with van der Waals surface area (Å²) in [7, 11) is -4.41. The first-order valence-corrected chi connectivity index (χ1v) is 16.3. The number of aromatic nitrogens is 2. The molecule has 1 saturated heterocycles. The van der Waals surface area contributed by atoms with Crippen LogP contribution in [-0.2, 0) is 44.9 Å². The molecule has 0 aliphatic carbocycles. The maximum Gasteiger partial charge on any atom is 0.435 e. The molecule has 1 amide bonds. The number of halogens is 3. The summed E-state index contributed by atoms with van der Waals surface area (Å²) in [5, 5.41) is 20.0. The zero-order valence-electron chi connectivity index (χ0n) is 26.7. The van der Waals surface area contributed by atoms with E-state index in [-0.39, 0.29) is 34.3 Å². The molecule has 4 rings (SSSR count). The van der Waals surface area contributed by atoms with Gasteiger partial charge in [0.15, 0.2) is 5.69 Å². The zero-order valence-corrected chi connectivity index (χ0v) is 27.5. The molecule has 1 aliphatic heterocycles. The number of nitrogens with zero attached hydrogens (tertiary/aromatic N) is 5. The van der Waals surface area contributed by atoms with Crippen LogP contribution < -0.4 is 4.72 Å². The van der Waals surface area contributed by atoms with Gasteiger partial charge in [0, 0.05) is 18.9 Å². The number of esters is 2. The lowest BCUT2D eigenvalue weighted by atomic mass is 10.1. The second kappa shape index (κ2) is 14.9. The first-order valence-electron chi connectivity index (χ1n) is 14.8. The van der Waals surface area contributed by atoms with Crippen molar-refractivity contribution < 1.29 is 55.3 Å². The van der Waals surface area contributed by atoms with E-state index in [0.29, 0.717) is 5.56 Å². The first-order chi connectivity index (χ1) is 22.9. The van der Waals surface area contributed by atoms with E-state index in [0.717, 1.165) is 33.5 Å². The largest absolute Gasteiger partial charge is 0.569 e. The number of nitrogens with one attached hydrogen (secondary N) is 1. The number of aryl methyl sites for hydroxylation is 1. The highest BCUT2D eigenvalue weighted by Gasteiger charge is 2.37. The number of hydrogen-bond donors (Lipinski definition) is 1. The van der Waals surface area contributed by atoms with Crippen molar-refractivity contribution >= 4 is 27.9 Å². The molecule has 1 atom stereocenters. The van der Waals surface area contributed by atoms with Crippen molar-refractivity contribution in [3.63, 3.8) is 0 Å². The minimum absolute atomic E-state index is 0.0403. The van der Waals surface area contributed by atoms with Crippen molar-refractivity contribution in [3.8, 4) is 16.9 Å². The maximum absolute atomic E-state index is 13.5. The monoisotopic (exact) mass is 710 g/mol. The third-order valence-electron chi connectivity index (χ3n) is 6.93. The molecule has 0 radical (unpaired) electrons. The number of hydrogen-bond acceptors (Lipinski definition) is 11. The molecule has 1 N–H and O–H groups in total. The highest BCUT2D eigenvalue weighted by atomic mass is 32.2. The number of rotatable bonds is 13. The van der Waals surface area contributed by atoms with Gasteiger partial charge in [-0.15, -0.1) is 5.01 Å². The fraction of sp³-hybridized carbons (Fsp3) is 0.400. The van der Waals surface area contributed by atoms with Crippen LogP contribution >= 0.6 is 0 Å². The van der Waals surface area contributed by atoms with Gasteiger partial charge in [-0.2, -0.15) is 18.3 Å². The van der Waals surface area contributed by atoms with Crippen LogP contribution in [0.3, 0.4) is 0 Å². The predicted molar refractivity (Wildman–Crippen MR) is 162 cm³/mol. The van der Waals surface area contributed by atoms with Gasteiger partial charge in [0.05, 0.1) is 33.6 Å². The molecule has 2 aromatic carbocycles. The molecule has 1 aromatic heterocycles.